The van der Waals surface area contributed by atoms with Crippen LogP contribution in [0.2, 0.25) is 0 Å². The lowest BCUT2D eigenvalue weighted by atomic mass is 9.91. The van der Waals surface area contributed by atoms with E-state index in [1.807, 2.05) is 22.7 Å². The summed E-state index contributed by atoms with van der Waals surface area (Å²) in [7, 11) is 1.95. The van der Waals surface area contributed by atoms with E-state index >= 15 is 0 Å². The molecule has 0 aromatic carbocycles. The summed E-state index contributed by atoms with van der Waals surface area (Å²) >= 11 is 0. The van der Waals surface area contributed by atoms with Gasteiger partial charge in [0, 0.05) is 38.0 Å². The van der Waals surface area contributed by atoms with E-state index in [9.17, 15) is 9.59 Å². The third-order valence-corrected chi connectivity index (χ3v) is 5.36. The summed E-state index contributed by atoms with van der Waals surface area (Å²) in [5, 5.41) is 3.15. The third-order valence-electron chi connectivity index (χ3n) is 5.36. The second-order valence-corrected chi connectivity index (χ2v) is 7.18. The second kappa shape index (κ2) is 6.07. The number of nitrogens with zero attached hydrogens (tertiary/aromatic N) is 3. The number of hydrogen-bond donors (Lipinski definition) is 1. The molecule has 6 heteroatoms. The number of rotatable bonds is 4. The summed E-state index contributed by atoms with van der Waals surface area (Å²) in [6, 6.07) is 0.0696. The van der Waals surface area contributed by atoms with Gasteiger partial charge in [0.1, 0.15) is 11.9 Å². The Morgan fingerprint density at radius 1 is 1.29 bits per heavy atom. The predicted octanol–water partition coefficient (Wildman–Crippen LogP) is 1.84. The van der Waals surface area contributed by atoms with Gasteiger partial charge in [-0.15, -0.1) is 0 Å². The minimum atomic E-state index is -0.164. The van der Waals surface area contributed by atoms with E-state index in [2.05, 4.69) is 10.3 Å². The van der Waals surface area contributed by atoms with Gasteiger partial charge in [-0.2, -0.15) is 0 Å². The van der Waals surface area contributed by atoms with Crippen LogP contribution in [0.25, 0.3) is 0 Å². The van der Waals surface area contributed by atoms with Crippen molar-refractivity contribution in [2.75, 3.05) is 0 Å². The van der Waals surface area contributed by atoms with E-state index in [-0.39, 0.29) is 23.9 Å². The van der Waals surface area contributed by atoms with Crippen LogP contribution in [0.4, 0.5) is 0 Å². The van der Waals surface area contributed by atoms with Gasteiger partial charge in [-0.05, 0) is 38.5 Å². The SMILES string of the molecule is Cn1ccnc1[C@H]1[C@H](NC(=O)C=C2CCC2)CCC(=O)N1C1CC1. The van der Waals surface area contributed by atoms with Crippen molar-refractivity contribution < 1.29 is 9.59 Å². The van der Waals surface area contributed by atoms with Crippen molar-refractivity contribution in [3.63, 3.8) is 0 Å². The van der Waals surface area contributed by atoms with Gasteiger partial charge in [0.05, 0.1) is 6.04 Å². The highest BCUT2D eigenvalue weighted by Crippen LogP contribution is 2.40. The highest BCUT2D eigenvalue weighted by molar-refractivity contribution is 5.89. The van der Waals surface area contributed by atoms with Crippen LogP contribution in [0.5, 0.6) is 0 Å². The zero-order chi connectivity index (χ0) is 16.7. The van der Waals surface area contributed by atoms with Crippen LogP contribution in [-0.2, 0) is 16.6 Å². The number of likely N-dealkylation sites (tertiary alicyclic amines) is 1. The maximum atomic E-state index is 12.5. The Balaban J connectivity index is 1.59. The van der Waals surface area contributed by atoms with E-state index in [1.54, 1.807) is 12.3 Å². The number of imidazole rings is 1. The lowest BCUT2D eigenvalue weighted by Gasteiger charge is -2.41. The van der Waals surface area contributed by atoms with Crippen LogP contribution >= 0.6 is 0 Å². The Morgan fingerprint density at radius 3 is 2.67 bits per heavy atom. The molecule has 3 fully saturated rings. The maximum absolute atomic E-state index is 12.5. The van der Waals surface area contributed by atoms with Gasteiger partial charge in [0.25, 0.3) is 0 Å². The number of nitrogens with one attached hydrogen (secondary N) is 1. The number of carbonyl (C=O) groups excluding carboxylic acids is 2. The summed E-state index contributed by atoms with van der Waals surface area (Å²) in [5.41, 5.74) is 1.23. The zero-order valence-electron chi connectivity index (χ0n) is 14.1. The molecule has 1 N–H and O–H groups in total. The molecule has 0 spiro atoms. The average Bonchev–Trinajstić information content (AvgIpc) is 3.26. The van der Waals surface area contributed by atoms with E-state index in [4.69, 9.17) is 0 Å². The fourth-order valence-electron chi connectivity index (χ4n) is 3.75. The van der Waals surface area contributed by atoms with Crippen LogP contribution in [0, 0.1) is 0 Å². The molecular formula is C18H24N4O2. The Bertz CT molecular complexity index is 683. The van der Waals surface area contributed by atoms with E-state index in [1.165, 1.54) is 12.0 Å². The number of aryl methyl sites for hydroxylation is 1. The standard InChI is InChI=1S/C18H24N4O2/c1-21-10-9-19-18(21)17-14(20-15(23)11-12-3-2-4-12)7-8-16(24)22(17)13-5-6-13/h9-11,13-14,17H,2-8H2,1H3,(H,20,23)/t14-,17-/m1/s1. The minimum Gasteiger partial charge on any atom is -0.347 e. The van der Waals surface area contributed by atoms with Gasteiger partial charge < -0.3 is 14.8 Å². The lowest BCUT2D eigenvalue weighted by molar-refractivity contribution is -0.140. The van der Waals surface area contributed by atoms with E-state index in [0.29, 0.717) is 18.9 Å². The number of piperidine rings is 1. The summed E-state index contributed by atoms with van der Waals surface area (Å²) in [5.74, 6) is 1.02. The van der Waals surface area contributed by atoms with Gasteiger partial charge in [0.2, 0.25) is 11.8 Å². The average molecular weight is 328 g/mol. The normalized spacial score (nSPS) is 27.0. The smallest absolute Gasteiger partial charge is 0.244 e. The molecule has 2 heterocycles. The molecule has 2 saturated carbocycles. The molecule has 0 radical (unpaired) electrons. The zero-order valence-corrected chi connectivity index (χ0v) is 14.1. The van der Waals surface area contributed by atoms with Gasteiger partial charge in [-0.3, -0.25) is 9.59 Å². The fraction of sp³-hybridized carbons (Fsp3) is 0.611. The Hall–Kier alpha value is -2.11. The van der Waals surface area contributed by atoms with E-state index < -0.39 is 0 Å². The molecule has 1 saturated heterocycles. The number of aromatic nitrogens is 2. The van der Waals surface area contributed by atoms with Crippen molar-refractivity contribution in [1.29, 1.82) is 0 Å². The third kappa shape index (κ3) is 2.85. The molecule has 4 rings (SSSR count). The number of carbonyl (C=O) groups is 2. The molecule has 0 bridgehead atoms. The Morgan fingerprint density at radius 2 is 2.08 bits per heavy atom. The summed E-state index contributed by atoms with van der Waals surface area (Å²) in [6.45, 7) is 0. The van der Waals surface area contributed by atoms with Crippen LogP contribution in [0.15, 0.2) is 24.0 Å². The van der Waals surface area contributed by atoms with Crippen molar-refractivity contribution in [3.05, 3.63) is 29.9 Å². The quantitative estimate of drug-likeness (QED) is 0.858. The molecule has 2 atom stereocenters. The maximum Gasteiger partial charge on any atom is 0.244 e. The molecule has 1 aromatic heterocycles. The Kier molecular flexibility index (Phi) is 3.90. The highest BCUT2D eigenvalue weighted by Gasteiger charge is 2.46. The van der Waals surface area contributed by atoms with Crippen molar-refractivity contribution >= 4 is 11.8 Å². The number of hydrogen-bond acceptors (Lipinski definition) is 3. The van der Waals surface area contributed by atoms with Gasteiger partial charge in [-0.1, -0.05) is 5.57 Å². The summed E-state index contributed by atoms with van der Waals surface area (Å²) in [6.07, 6.45) is 11.9. The van der Waals surface area contributed by atoms with Crippen LogP contribution < -0.4 is 5.32 Å². The van der Waals surface area contributed by atoms with Gasteiger partial charge in [-0.25, -0.2) is 4.98 Å². The van der Waals surface area contributed by atoms with Crippen LogP contribution in [-0.4, -0.2) is 38.3 Å². The number of allylic oxidation sites excluding steroid dienone is 1. The van der Waals surface area contributed by atoms with E-state index in [0.717, 1.165) is 31.5 Å². The Labute approximate surface area is 141 Å². The van der Waals surface area contributed by atoms with Gasteiger partial charge >= 0.3 is 0 Å². The van der Waals surface area contributed by atoms with Crippen molar-refractivity contribution in [1.82, 2.24) is 19.8 Å². The molecule has 1 aliphatic heterocycles. The topological polar surface area (TPSA) is 67.2 Å². The van der Waals surface area contributed by atoms with Gasteiger partial charge in [0.15, 0.2) is 0 Å². The van der Waals surface area contributed by atoms with Crippen molar-refractivity contribution in [3.8, 4) is 0 Å². The first-order valence-corrected chi connectivity index (χ1v) is 8.92. The minimum absolute atomic E-state index is 0.0287. The monoisotopic (exact) mass is 328 g/mol. The second-order valence-electron chi connectivity index (χ2n) is 7.18. The molecule has 2 amide bonds. The first-order valence-electron chi connectivity index (χ1n) is 8.92. The molecule has 2 aliphatic carbocycles. The molecule has 1 aromatic rings. The molecule has 3 aliphatic rings. The van der Waals surface area contributed by atoms with Crippen molar-refractivity contribution in [2.24, 2.45) is 7.05 Å². The van der Waals surface area contributed by atoms with Crippen LogP contribution in [0.3, 0.4) is 0 Å². The molecule has 0 unspecified atom stereocenters. The first kappa shape index (κ1) is 15.4. The summed E-state index contributed by atoms with van der Waals surface area (Å²) in [4.78, 5) is 31.4. The summed E-state index contributed by atoms with van der Waals surface area (Å²) < 4.78 is 1.96. The highest BCUT2D eigenvalue weighted by atomic mass is 16.2. The molecular weight excluding hydrogens is 304 g/mol. The molecule has 6 nitrogen and oxygen atoms in total. The lowest BCUT2D eigenvalue weighted by Crippen LogP contribution is -2.53. The largest absolute Gasteiger partial charge is 0.347 e. The molecule has 128 valence electrons. The van der Waals surface area contributed by atoms with Crippen molar-refractivity contribution in [2.45, 2.75) is 63.1 Å². The molecule has 24 heavy (non-hydrogen) atoms. The first-order chi connectivity index (χ1) is 11.6. The van der Waals surface area contributed by atoms with Crippen LogP contribution in [0.1, 0.15) is 56.8 Å². The predicted molar refractivity (Wildman–Crippen MR) is 88.9 cm³/mol. The fourth-order valence-corrected chi connectivity index (χ4v) is 3.75. The number of amides is 2.